The molecule has 1 aliphatic heterocycles. The summed E-state index contributed by atoms with van der Waals surface area (Å²) in [7, 11) is 0. The van der Waals surface area contributed by atoms with E-state index in [1.54, 1.807) is 0 Å². The molecule has 0 atom stereocenters. The first-order valence-corrected chi connectivity index (χ1v) is 9.87. The molecule has 2 heterocycles. The van der Waals surface area contributed by atoms with E-state index in [4.69, 9.17) is 0 Å². The van der Waals surface area contributed by atoms with Crippen molar-refractivity contribution in [3.63, 3.8) is 0 Å². The molecule has 3 rings (SSSR count). The largest absolute Gasteiger partial charge is 0.351 e. The number of carbonyl (C=O) groups excluding carboxylic acids is 1. The van der Waals surface area contributed by atoms with Crippen molar-refractivity contribution >= 4 is 17.2 Å². The van der Waals surface area contributed by atoms with Crippen LogP contribution in [0.2, 0.25) is 0 Å². The van der Waals surface area contributed by atoms with Crippen molar-refractivity contribution in [1.29, 1.82) is 0 Å². The second kappa shape index (κ2) is 9.13. The van der Waals surface area contributed by atoms with Crippen molar-refractivity contribution in [3.8, 4) is 0 Å². The molecule has 1 aromatic carbocycles. The molecule has 1 N–H and O–H groups in total. The summed E-state index contributed by atoms with van der Waals surface area (Å²) in [5.41, 5.74) is 2.54. The van der Waals surface area contributed by atoms with E-state index >= 15 is 0 Å². The zero-order valence-electron chi connectivity index (χ0n) is 14.9. The molecule has 0 spiro atoms. The first kappa shape index (κ1) is 18.1. The van der Waals surface area contributed by atoms with Crippen molar-refractivity contribution in [3.05, 3.63) is 57.8 Å². The minimum atomic E-state index is 0.117. The van der Waals surface area contributed by atoms with E-state index in [-0.39, 0.29) is 5.91 Å². The average molecular weight is 358 g/mol. The van der Waals surface area contributed by atoms with Crippen LogP contribution in [-0.4, -0.2) is 48.4 Å². The van der Waals surface area contributed by atoms with Crippen LogP contribution in [0.4, 0.5) is 0 Å². The third-order valence-electron chi connectivity index (χ3n) is 4.72. The molecule has 1 aromatic heterocycles. The fourth-order valence-electron chi connectivity index (χ4n) is 3.17. The predicted molar refractivity (Wildman–Crippen MR) is 104 cm³/mol. The van der Waals surface area contributed by atoms with E-state index in [1.807, 2.05) is 41.7 Å². The summed E-state index contributed by atoms with van der Waals surface area (Å²) in [6.45, 7) is 8.44. The smallest absolute Gasteiger partial charge is 0.234 e. The maximum Gasteiger partial charge on any atom is 0.234 e. The topological polar surface area (TPSA) is 35.6 Å². The van der Waals surface area contributed by atoms with Gasteiger partial charge < -0.3 is 5.32 Å². The van der Waals surface area contributed by atoms with E-state index < -0.39 is 0 Å². The van der Waals surface area contributed by atoms with E-state index in [9.17, 15) is 4.79 Å². The van der Waals surface area contributed by atoms with Gasteiger partial charge in [-0.25, -0.2) is 0 Å². The van der Waals surface area contributed by atoms with Gasteiger partial charge in [-0.1, -0.05) is 30.3 Å². The number of nitrogens with one attached hydrogen (secondary N) is 1. The van der Waals surface area contributed by atoms with Crippen LogP contribution in [0.1, 0.15) is 22.4 Å². The number of thiophene rings is 1. The zero-order chi connectivity index (χ0) is 17.5. The second-order valence-corrected chi connectivity index (χ2v) is 7.70. The molecule has 4 nitrogen and oxygen atoms in total. The summed E-state index contributed by atoms with van der Waals surface area (Å²) < 4.78 is 0. The average Bonchev–Trinajstić information content (AvgIpc) is 2.89. The van der Waals surface area contributed by atoms with Crippen molar-refractivity contribution in [2.75, 3.05) is 32.7 Å². The first-order chi connectivity index (χ1) is 12.2. The molecule has 0 unspecified atom stereocenters. The fraction of sp³-hybridized carbons (Fsp3) is 0.450. The number of benzene rings is 1. The van der Waals surface area contributed by atoms with Gasteiger partial charge in [0.15, 0.2) is 0 Å². The number of hydrogen-bond donors (Lipinski definition) is 1. The van der Waals surface area contributed by atoms with Gasteiger partial charge in [0.05, 0.1) is 6.54 Å². The Labute approximate surface area is 154 Å². The molecule has 2 aromatic rings. The van der Waals surface area contributed by atoms with Crippen LogP contribution in [0.25, 0.3) is 0 Å². The minimum absolute atomic E-state index is 0.117. The second-order valence-electron chi connectivity index (χ2n) is 6.69. The van der Waals surface area contributed by atoms with E-state index in [2.05, 4.69) is 33.5 Å². The standard InChI is InChI=1S/C20H27N3OS/c1-17-8-13-25-19(17)15-22-9-5-10-23(12-11-22)16-20(24)21-14-18-6-3-2-4-7-18/h2-4,6-8,13H,5,9-12,14-16H2,1H3,(H,21,24). The van der Waals surface area contributed by atoms with Crippen molar-refractivity contribution in [2.45, 2.75) is 26.4 Å². The molecule has 1 aliphatic rings. The Hall–Kier alpha value is -1.69. The molecule has 0 aliphatic carbocycles. The van der Waals surface area contributed by atoms with E-state index in [1.165, 1.54) is 10.4 Å². The summed E-state index contributed by atoms with van der Waals surface area (Å²) in [5.74, 6) is 0.117. The lowest BCUT2D eigenvalue weighted by molar-refractivity contribution is -0.122. The van der Waals surface area contributed by atoms with Gasteiger partial charge >= 0.3 is 0 Å². The molecule has 1 fully saturated rings. The summed E-state index contributed by atoms with van der Waals surface area (Å²) in [6, 6.07) is 12.3. The van der Waals surface area contributed by atoms with E-state index in [0.29, 0.717) is 13.1 Å². The Morgan fingerprint density at radius 3 is 2.60 bits per heavy atom. The highest BCUT2D eigenvalue weighted by molar-refractivity contribution is 7.10. The van der Waals surface area contributed by atoms with Crippen LogP contribution in [0, 0.1) is 6.92 Å². The van der Waals surface area contributed by atoms with Crippen LogP contribution in [-0.2, 0) is 17.9 Å². The summed E-state index contributed by atoms with van der Waals surface area (Å²) in [4.78, 5) is 18.5. The van der Waals surface area contributed by atoms with Crippen LogP contribution in [0.3, 0.4) is 0 Å². The van der Waals surface area contributed by atoms with Gasteiger partial charge in [-0.3, -0.25) is 14.6 Å². The number of amides is 1. The normalized spacial score (nSPS) is 16.5. The molecular formula is C20H27N3OS. The highest BCUT2D eigenvalue weighted by Gasteiger charge is 2.17. The Kier molecular flexibility index (Phi) is 6.62. The first-order valence-electron chi connectivity index (χ1n) is 8.99. The molecule has 25 heavy (non-hydrogen) atoms. The SMILES string of the molecule is Cc1ccsc1CN1CCCN(CC(=O)NCc2ccccc2)CC1. The number of rotatable bonds is 6. The molecule has 134 valence electrons. The zero-order valence-corrected chi connectivity index (χ0v) is 15.7. The number of carbonyl (C=O) groups is 1. The maximum absolute atomic E-state index is 12.2. The Bertz CT molecular complexity index is 671. The third-order valence-corrected chi connectivity index (χ3v) is 5.72. The summed E-state index contributed by atoms with van der Waals surface area (Å²) in [5, 5.41) is 5.20. The number of aryl methyl sites for hydroxylation is 1. The van der Waals surface area contributed by atoms with E-state index in [0.717, 1.165) is 44.7 Å². The van der Waals surface area contributed by atoms with Gasteiger partial charge in [0.2, 0.25) is 5.91 Å². The lowest BCUT2D eigenvalue weighted by atomic mass is 10.2. The van der Waals surface area contributed by atoms with Gasteiger partial charge in [0, 0.05) is 31.1 Å². The number of nitrogens with zero attached hydrogens (tertiary/aromatic N) is 2. The van der Waals surface area contributed by atoms with Crippen LogP contribution >= 0.6 is 11.3 Å². The summed E-state index contributed by atoms with van der Waals surface area (Å²) in [6.07, 6.45) is 1.12. The predicted octanol–water partition coefficient (Wildman–Crippen LogP) is 2.88. The molecule has 0 saturated carbocycles. The van der Waals surface area contributed by atoms with Gasteiger partial charge in [-0.15, -0.1) is 11.3 Å². The third kappa shape index (κ3) is 5.66. The molecule has 0 radical (unpaired) electrons. The Morgan fingerprint density at radius 1 is 1.08 bits per heavy atom. The fourth-order valence-corrected chi connectivity index (χ4v) is 4.11. The Morgan fingerprint density at radius 2 is 1.84 bits per heavy atom. The number of hydrogen-bond acceptors (Lipinski definition) is 4. The van der Waals surface area contributed by atoms with Crippen LogP contribution in [0.15, 0.2) is 41.8 Å². The monoisotopic (exact) mass is 357 g/mol. The van der Waals surface area contributed by atoms with Gasteiger partial charge in [0.1, 0.15) is 0 Å². The maximum atomic E-state index is 12.2. The van der Waals surface area contributed by atoms with Crippen LogP contribution < -0.4 is 5.32 Å². The van der Waals surface area contributed by atoms with Crippen LogP contribution in [0.5, 0.6) is 0 Å². The van der Waals surface area contributed by atoms with Crippen molar-refractivity contribution < 1.29 is 4.79 Å². The van der Waals surface area contributed by atoms with Gasteiger partial charge in [-0.05, 0) is 49.0 Å². The quantitative estimate of drug-likeness (QED) is 0.863. The molecule has 5 heteroatoms. The molecule has 1 saturated heterocycles. The van der Waals surface area contributed by atoms with Crippen molar-refractivity contribution in [1.82, 2.24) is 15.1 Å². The van der Waals surface area contributed by atoms with Crippen molar-refractivity contribution in [2.24, 2.45) is 0 Å². The molecular weight excluding hydrogens is 330 g/mol. The lowest BCUT2D eigenvalue weighted by Gasteiger charge is -2.21. The minimum Gasteiger partial charge on any atom is -0.351 e. The van der Waals surface area contributed by atoms with Gasteiger partial charge in [0.25, 0.3) is 0 Å². The highest BCUT2D eigenvalue weighted by atomic mass is 32.1. The highest BCUT2D eigenvalue weighted by Crippen LogP contribution is 2.18. The Balaban J connectivity index is 1.42. The van der Waals surface area contributed by atoms with Gasteiger partial charge in [-0.2, -0.15) is 0 Å². The lowest BCUT2D eigenvalue weighted by Crippen LogP contribution is -2.39. The molecule has 1 amide bonds. The molecule has 0 bridgehead atoms. The summed E-state index contributed by atoms with van der Waals surface area (Å²) >= 11 is 1.85.